The summed E-state index contributed by atoms with van der Waals surface area (Å²) in [4.78, 5) is 17.5. The number of nitrogens with zero attached hydrogens (tertiary/aromatic N) is 3. The van der Waals surface area contributed by atoms with Crippen molar-refractivity contribution in [3.05, 3.63) is 76.1 Å². The number of likely N-dealkylation sites (N-methyl/N-ethyl adjacent to an activating group) is 1. The second-order valence-electron chi connectivity index (χ2n) is 8.28. The fraction of sp³-hybridized carbons (Fsp3) is 0.308. The molecule has 1 aliphatic heterocycles. The smallest absolute Gasteiger partial charge is 0.244 e. The Morgan fingerprint density at radius 3 is 2.64 bits per heavy atom. The molecule has 1 unspecified atom stereocenters. The average molecular weight is 466 g/mol. The number of fused-ring (bicyclic) bond motifs is 1. The molecular formula is C26H25ClFN3O2. The summed E-state index contributed by atoms with van der Waals surface area (Å²) in [6.07, 6.45) is 2.01. The van der Waals surface area contributed by atoms with E-state index in [-0.39, 0.29) is 17.5 Å². The Balaban J connectivity index is 1.73. The van der Waals surface area contributed by atoms with Gasteiger partial charge in [-0.3, -0.25) is 9.69 Å². The van der Waals surface area contributed by atoms with Crippen LogP contribution in [0.3, 0.4) is 0 Å². The maximum atomic E-state index is 13.8. The molecule has 5 nitrogen and oxygen atoms in total. The zero-order valence-corrected chi connectivity index (χ0v) is 19.4. The van der Waals surface area contributed by atoms with Crippen LogP contribution in [0.1, 0.15) is 35.6 Å². The van der Waals surface area contributed by atoms with E-state index in [1.165, 1.54) is 19.2 Å². The molecule has 7 heteroatoms. The molecule has 0 spiro atoms. The van der Waals surface area contributed by atoms with E-state index in [4.69, 9.17) is 16.3 Å². The minimum absolute atomic E-state index is 0.00142. The Morgan fingerprint density at radius 1 is 1.24 bits per heavy atom. The van der Waals surface area contributed by atoms with Gasteiger partial charge in [0.25, 0.3) is 0 Å². The lowest BCUT2D eigenvalue weighted by Crippen LogP contribution is -2.40. The highest BCUT2D eigenvalue weighted by Gasteiger charge is 2.33. The molecule has 1 fully saturated rings. The van der Waals surface area contributed by atoms with Gasteiger partial charge in [-0.1, -0.05) is 41.9 Å². The molecule has 1 aliphatic rings. The number of rotatable bonds is 6. The minimum atomic E-state index is -0.563. The van der Waals surface area contributed by atoms with Crippen molar-refractivity contribution < 1.29 is 13.9 Å². The van der Waals surface area contributed by atoms with Crippen molar-refractivity contribution >= 4 is 28.3 Å². The summed E-state index contributed by atoms with van der Waals surface area (Å²) < 4.78 is 19.4. The van der Waals surface area contributed by atoms with Gasteiger partial charge in [-0.2, -0.15) is 5.26 Å². The Kier molecular flexibility index (Phi) is 6.83. The average Bonchev–Trinajstić information content (AvgIpc) is 3.35. The summed E-state index contributed by atoms with van der Waals surface area (Å²) in [6, 6.07) is 15.6. The molecule has 33 heavy (non-hydrogen) atoms. The molecule has 3 aromatic carbocycles. The number of hydrogen-bond acceptors (Lipinski definition) is 4. The highest BCUT2D eigenvalue weighted by atomic mass is 35.5. The molecule has 0 aromatic heterocycles. The first kappa shape index (κ1) is 23.0. The minimum Gasteiger partial charge on any atom is -0.495 e. The molecule has 0 bridgehead atoms. The van der Waals surface area contributed by atoms with E-state index in [9.17, 15) is 14.4 Å². The lowest BCUT2D eigenvalue weighted by molar-refractivity contribution is -0.136. The summed E-state index contributed by atoms with van der Waals surface area (Å²) in [6.45, 7) is 1.84. The van der Waals surface area contributed by atoms with Gasteiger partial charge in [-0.25, -0.2) is 4.39 Å². The lowest BCUT2D eigenvalue weighted by atomic mass is 9.98. The van der Waals surface area contributed by atoms with Crippen molar-refractivity contribution in [1.82, 2.24) is 9.80 Å². The van der Waals surface area contributed by atoms with Crippen molar-refractivity contribution in [2.45, 2.75) is 25.4 Å². The molecule has 1 saturated heterocycles. The Labute approximate surface area is 197 Å². The zero-order chi connectivity index (χ0) is 23.5. The van der Waals surface area contributed by atoms with E-state index < -0.39 is 11.9 Å². The molecule has 0 N–H and O–H groups in total. The van der Waals surface area contributed by atoms with Gasteiger partial charge in [-0.05, 0) is 60.5 Å². The molecule has 1 atom stereocenters. The Bertz CT molecular complexity index is 1230. The van der Waals surface area contributed by atoms with Crippen LogP contribution < -0.4 is 4.74 Å². The highest BCUT2D eigenvalue weighted by molar-refractivity contribution is 6.30. The first-order valence-electron chi connectivity index (χ1n) is 10.9. The first-order valence-corrected chi connectivity index (χ1v) is 11.2. The summed E-state index contributed by atoms with van der Waals surface area (Å²) in [5.41, 5.74) is 1.87. The SMILES string of the molecule is COc1c(C#N)cc2ccccc2c1CN(C)C(=O)C(c1ccc(F)c(Cl)c1)N1CCCC1. The van der Waals surface area contributed by atoms with Gasteiger partial charge in [-0.15, -0.1) is 0 Å². The molecule has 170 valence electrons. The van der Waals surface area contributed by atoms with E-state index in [0.717, 1.165) is 42.3 Å². The predicted octanol–water partition coefficient (Wildman–Crippen LogP) is 5.31. The van der Waals surface area contributed by atoms with Crippen LogP contribution in [0.4, 0.5) is 4.39 Å². The zero-order valence-electron chi connectivity index (χ0n) is 18.6. The summed E-state index contributed by atoms with van der Waals surface area (Å²) >= 11 is 6.05. The van der Waals surface area contributed by atoms with Crippen LogP contribution in [-0.2, 0) is 11.3 Å². The molecular weight excluding hydrogens is 441 g/mol. The first-order chi connectivity index (χ1) is 15.9. The summed E-state index contributed by atoms with van der Waals surface area (Å²) in [7, 11) is 3.27. The second kappa shape index (κ2) is 9.78. The van der Waals surface area contributed by atoms with Crippen LogP contribution in [0.15, 0.2) is 48.5 Å². The van der Waals surface area contributed by atoms with Gasteiger partial charge in [0.15, 0.2) is 0 Å². The number of nitriles is 1. The number of amides is 1. The molecule has 1 heterocycles. The van der Waals surface area contributed by atoms with Crippen molar-refractivity contribution in [2.75, 3.05) is 27.2 Å². The Morgan fingerprint density at radius 2 is 1.97 bits per heavy atom. The van der Waals surface area contributed by atoms with Crippen LogP contribution >= 0.6 is 11.6 Å². The normalized spacial score (nSPS) is 14.8. The third kappa shape index (κ3) is 4.52. The van der Waals surface area contributed by atoms with E-state index in [0.29, 0.717) is 16.9 Å². The van der Waals surface area contributed by atoms with Gasteiger partial charge >= 0.3 is 0 Å². The maximum absolute atomic E-state index is 13.8. The van der Waals surface area contributed by atoms with Crippen molar-refractivity contribution in [2.24, 2.45) is 0 Å². The van der Waals surface area contributed by atoms with Crippen molar-refractivity contribution in [3.8, 4) is 11.8 Å². The molecule has 3 aromatic rings. The molecule has 4 rings (SSSR count). The van der Waals surface area contributed by atoms with E-state index in [2.05, 4.69) is 11.0 Å². The quantitative estimate of drug-likeness (QED) is 0.495. The molecule has 0 radical (unpaired) electrons. The standard InChI is InChI=1S/C26H25ClFN3O2/c1-30(16-21-20-8-4-3-7-17(20)13-19(15-29)25(21)33-2)26(32)24(31-11-5-6-12-31)18-9-10-23(28)22(27)14-18/h3-4,7-10,13-14,24H,5-6,11-12,16H2,1-2H3. The second-order valence-corrected chi connectivity index (χ2v) is 8.69. The number of hydrogen-bond donors (Lipinski definition) is 0. The third-order valence-electron chi connectivity index (χ3n) is 6.20. The van der Waals surface area contributed by atoms with Gasteiger partial charge in [0.1, 0.15) is 23.7 Å². The number of ether oxygens (including phenoxy) is 1. The number of methoxy groups -OCH3 is 1. The van der Waals surface area contributed by atoms with Crippen molar-refractivity contribution in [3.63, 3.8) is 0 Å². The van der Waals surface area contributed by atoms with E-state index >= 15 is 0 Å². The topological polar surface area (TPSA) is 56.6 Å². The van der Waals surface area contributed by atoms with Crippen LogP contribution in [0.25, 0.3) is 10.8 Å². The number of carbonyl (C=O) groups is 1. The fourth-order valence-corrected chi connectivity index (χ4v) is 4.78. The van der Waals surface area contributed by atoms with Crippen LogP contribution in [0.2, 0.25) is 5.02 Å². The maximum Gasteiger partial charge on any atom is 0.244 e. The fourth-order valence-electron chi connectivity index (χ4n) is 4.59. The van der Waals surface area contributed by atoms with Gasteiger partial charge in [0, 0.05) is 19.2 Å². The lowest BCUT2D eigenvalue weighted by Gasteiger charge is -2.31. The van der Waals surface area contributed by atoms with Crippen molar-refractivity contribution in [1.29, 1.82) is 5.26 Å². The monoisotopic (exact) mass is 465 g/mol. The van der Waals surface area contributed by atoms with E-state index in [1.54, 1.807) is 24.1 Å². The Hall–Kier alpha value is -3.14. The molecule has 0 saturated carbocycles. The van der Waals surface area contributed by atoms with Gasteiger partial charge < -0.3 is 9.64 Å². The third-order valence-corrected chi connectivity index (χ3v) is 6.49. The van der Waals surface area contributed by atoms with Crippen LogP contribution in [0.5, 0.6) is 5.75 Å². The number of halogens is 2. The molecule has 0 aliphatic carbocycles. The number of carbonyl (C=O) groups excluding carboxylic acids is 1. The largest absolute Gasteiger partial charge is 0.495 e. The van der Waals surface area contributed by atoms with Gasteiger partial charge in [0.05, 0.1) is 17.7 Å². The summed E-state index contributed by atoms with van der Waals surface area (Å²) in [5, 5.41) is 11.5. The molecule has 1 amide bonds. The predicted molar refractivity (Wildman–Crippen MR) is 127 cm³/mol. The summed E-state index contributed by atoms with van der Waals surface area (Å²) in [5.74, 6) is -0.155. The van der Waals surface area contributed by atoms with E-state index in [1.807, 2.05) is 24.3 Å². The number of likely N-dealkylation sites (tertiary alicyclic amines) is 1. The highest BCUT2D eigenvalue weighted by Crippen LogP contribution is 2.34. The number of benzene rings is 3. The van der Waals surface area contributed by atoms with Gasteiger partial charge in [0.2, 0.25) is 5.91 Å². The van der Waals surface area contributed by atoms with Crippen LogP contribution in [0, 0.1) is 17.1 Å². The van der Waals surface area contributed by atoms with Crippen LogP contribution in [-0.4, -0.2) is 43.0 Å².